The van der Waals surface area contributed by atoms with Crippen molar-refractivity contribution in [3.8, 4) is 0 Å². The molecule has 104 valence electrons. The first-order valence-corrected chi connectivity index (χ1v) is 8.36. The highest BCUT2D eigenvalue weighted by molar-refractivity contribution is 4.95. The minimum absolute atomic E-state index is 0.785. The highest BCUT2D eigenvalue weighted by Crippen LogP contribution is 2.40. The van der Waals surface area contributed by atoms with Crippen molar-refractivity contribution in [1.82, 2.24) is 4.90 Å². The molecule has 0 spiro atoms. The summed E-state index contributed by atoms with van der Waals surface area (Å²) in [7, 11) is 0. The van der Waals surface area contributed by atoms with Gasteiger partial charge in [0.05, 0.1) is 0 Å². The van der Waals surface area contributed by atoms with E-state index >= 15 is 0 Å². The van der Waals surface area contributed by atoms with Gasteiger partial charge in [0.1, 0.15) is 0 Å². The number of hydrogen-bond donors (Lipinski definition) is 1. The summed E-state index contributed by atoms with van der Waals surface area (Å²) in [6.45, 7) is 2.29. The number of fused-ring (bicyclic) bond motifs is 1. The number of rotatable bonds is 2. The Morgan fingerprint density at radius 2 is 1.50 bits per heavy atom. The van der Waals surface area contributed by atoms with Gasteiger partial charge in [0.2, 0.25) is 0 Å². The predicted octanol–water partition coefficient (Wildman–Crippen LogP) is 3.16. The van der Waals surface area contributed by atoms with E-state index in [0.29, 0.717) is 0 Å². The van der Waals surface area contributed by atoms with Crippen molar-refractivity contribution in [2.24, 2.45) is 17.6 Å². The third kappa shape index (κ3) is 2.46. The van der Waals surface area contributed by atoms with Gasteiger partial charge in [0, 0.05) is 12.1 Å². The van der Waals surface area contributed by atoms with Gasteiger partial charge in [0.15, 0.2) is 0 Å². The molecule has 3 rings (SSSR count). The molecule has 4 atom stereocenters. The summed E-state index contributed by atoms with van der Waals surface area (Å²) in [6.07, 6.45) is 14.5. The molecule has 2 heteroatoms. The van der Waals surface area contributed by atoms with Crippen molar-refractivity contribution >= 4 is 0 Å². The molecule has 2 aliphatic carbocycles. The van der Waals surface area contributed by atoms with Crippen LogP contribution in [0.15, 0.2) is 0 Å². The normalized spacial score (nSPS) is 42.5. The van der Waals surface area contributed by atoms with Crippen LogP contribution >= 0.6 is 0 Å². The molecule has 2 nitrogen and oxygen atoms in total. The molecule has 0 aromatic rings. The molecule has 18 heavy (non-hydrogen) atoms. The van der Waals surface area contributed by atoms with Crippen molar-refractivity contribution in [1.29, 1.82) is 0 Å². The van der Waals surface area contributed by atoms with Gasteiger partial charge < -0.3 is 5.73 Å². The second-order valence-electron chi connectivity index (χ2n) is 6.84. The van der Waals surface area contributed by atoms with Gasteiger partial charge in [0.25, 0.3) is 0 Å². The van der Waals surface area contributed by atoms with Crippen LogP contribution in [0, 0.1) is 11.8 Å². The molecule has 4 unspecified atom stereocenters. The number of nitrogens with zero attached hydrogens (tertiary/aromatic N) is 1. The van der Waals surface area contributed by atoms with Crippen molar-refractivity contribution in [2.75, 3.05) is 13.1 Å². The lowest BCUT2D eigenvalue weighted by Gasteiger charge is -2.40. The summed E-state index contributed by atoms with van der Waals surface area (Å²) in [4.78, 5) is 2.91. The minimum atomic E-state index is 0.785. The van der Waals surface area contributed by atoms with Crippen molar-refractivity contribution in [3.05, 3.63) is 0 Å². The summed E-state index contributed by atoms with van der Waals surface area (Å²) in [5.41, 5.74) is 6.07. The van der Waals surface area contributed by atoms with Gasteiger partial charge in [-0.1, -0.05) is 32.1 Å². The molecular formula is C16H30N2. The Labute approximate surface area is 112 Å². The Morgan fingerprint density at radius 3 is 2.39 bits per heavy atom. The third-order valence-corrected chi connectivity index (χ3v) is 5.90. The van der Waals surface area contributed by atoms with Crippen molar-refractivity contribution in [3.63, 3.8) is 0 Å². The summed E-state index contributed by atoms with van der Waals surface area (Å²) < 4.78 is 0. The van der Waals surface area contributed by atoms with E-state index in [-0.39, 0.29) is 0 Å². The quantitative estimate of drug-likeness (QED) is 0.763. The zero-order valence-electron chi connectivity index (χ0n) is 11.8. The summed E-state index contributed by atoms with van der Waals surface area (Å²) in [5, 5.41) is 0. The fraction of sp³-hybridized carbons (Fsp3) is 1.00. The molecule has 3 fully saturated rings. The maximum absolute atomic E-state index is 6.07. The second-order valence-corrected chi connectivity index (χ2v) is 6.84. The molecular weight excluding hydrogens is 220 g/mol. The highest BCUT2D eigenvalue weighted by atomic mass is 15.2. The summed E-state index contributed by atoms with van der Waals surface area (Å²) in [5.74, 6) is 1.81. The Kier molecular flexibility index (Phi) is 4.25. The highest BCUT2D eigenvalue weighted by Gasteiger charge is 2.41. The molecule has 2 saturated carbocycles. The van der Waals surface area contributed by atoms with E-state index in [2.05, 4.69) is 4.90 Å². The zero-order chi connectivity index (χ0) is 12.4. The van der Waals surface area contributed by atoms with Gasteiger partial charge in [-0.25, -0.2) is 0 Å². The van der Waals surface area contributed by atoms with Gasteiger partial charge in [-0.3, -0.25) is 4.90 Å². The molecule has 1 saturated heterocycles. The second kappa shape index (κ2) is 5.92. The van der Waals surface area contributed by atoms with Crippen LogP contribution in [0.2, 0.25) is 0 Å². The van der Waals surface area contributed by atoms with Crippen LogP contribution in [0.3, 0.4) is 0 Å². The van der Waals surface area contributed by atoms with E-state index < -0.39 is 0 Å². The van der Waals surface area contributed by atoms with Crippen LogP contribution in [-0.2, 0) is 0 Å². The average molecular weight is 250 g/mol. The average Bonchev–Trinajstić information content (AvgIpc) is 2.69. The van der Waals surface area contributed by atoms with Crippen LogP contribution in [-0.4, -0.2) is 30.1 Å². The lowest BCUT2D eigenvalue weighted by molar-refractivity contribution is 0.0911. The van der Waals surface area contributed by atoms with Gasteiger partial charge in [-0.05, 0) is 57.0 Å². The molecule has 2 N–H and O–H groups in total. The molecule has 0 radical (unpaired) electrons. The SMILES string of the molecule is NCC1CCCCCC1N1CCC2CCCCC21. The van der Waals surface area contributed by atoms with E-state index in [4.69, 9.17) is 5.73 Å². The Bertz CT molecular complexity index is 266. The first-order valence-electron chi connectivity index (χ1n) is 8.36. The van der Waals surface area contributed by atoms with Gasteiger partial charge in [-0.15, -0.1) is 0 Å². The van der Waals surface area contributed by atoms with Crippen LogP contribution in [0.25, 0.3) is 0 Å². The number of hydrogen-bond acceptors (Lipinski definition) is 2. The Hall–Kier alpha value is -0.0800. The lowest BCUT2D eigenvalue weighted by atomic mass is 9.84. The Morgan fingerprint density at radius 1 is 0.778 bits per heavy atom. The maximum Gasteiger partial charge on any atom is 0.0139 e. The molecule has 1 aliphatic heterocycles. The monoisotopic (exact) mass is 250 g/mol. The molecule has 0 aromatic heterocycles. The number of nitrogens with two attached hydrogens (primary N) is 1. The number of likely N-dealkylation sites (tertiary alicyclic amines) is 1. The standard InChI is InChI=1S/C16H30N2/c17-12-14-7-2-1-3-8-16(14)18-11-10-13-6-4-5-9-15(13)18/h13-16H,1-12,17H2. The largest absolute Gasteiger partial charge is 0.330 e. The fourth-order valence-electron chi connectivity index (χ4n) is 4.93. The Balaban J connectivity index is 1.71. The van der Waals surface area contributed by atoms with Crippen LogP contribution in [0.5, 0.6) is 0 Å². The third-order valence-electron chi connectivity index (χ3n) is 5.90. The minimum Gasteiger partial charge on any atom is -0.330 e. The zero-order valence-corrected chi connectivity index (χ0v) is 11.8. The van der Waals surface area contributed by atoms with E-state index in [1.54, 1.807) is 0 Å². The van der Waals surface area contributed by atoms with E-state index in [1.165, 1.54) is 70.8 Å². The molecule has 3 aliphatic rings. The molecule has 0 aromatic carbocycles. The smallest absolute Gasteiger partial charge is 0.0139 e. The lowest BCUT2D eigenvalue weighted by Crippen LogP contribution is -2.47. The first-order chi connectivity index (χ1) is 8.90. The maximum atomic E-state index is 6.07. The van der Waals surface area contributed by atoms with Gasteiger partial charge >= 0.3 is 0 Å². The van der Waals surface area contributed by atoms with Crippen LogP contribution in [0.4, 0.5) is 0 Å². The predicted molar refractivity (Wildman–Crippen MR) is 76.5 cm³/mol. The summed E-state index contributed by atoms with van der Waals surface area (Å²) in [6, 6.07) is 1.75. The molecule has 0 bridgehead atoms. The van der Waals surface area contributed by atoms with E-state index in [9.17, 15) is 0 Å². The van der Waals surface area contributed by atoms with E-state index in [1.807, 2.05) is 0 Å². The van der Waals surface area contributed by atoms with E-state index in [0.717, 1.165) is 30.5 Å². The topological polar surface area (TPSA) is 29.3 Å². The first kappa shape index (κ1) is 12.9. The fourth-order valence-corrected chi connectivity index (χ4v) is 4.93. The summed E-state index contributed by atoms with van der Waals surface area (Å²) >= 11 is 0. The molecule has 1 heterocycles. The van der Waals surface area contributed by atoms with Crippen molar-refractivity contribution < 1.29 is 0 Å². The van der Waals surface area contributed by atoms with Gasteiger partial charge in [-0.2, -0.15) is 0 Å². The van der Waals surface area contributed by atoms with Crippen LogP contribution in [0.1, 0.15) is 64.2 Å². The van der Waals surface area contributed by atoms with Crippen molar-refractivity contribution in [2.45, 2.75) is 76.3 Å². The molecule has 0 amide bonds. The van der Waals surface area contributed by atoms with Crippen LogP contribution < -0.4 is 5.73 Å².